The minimum Gasteiger partial charge on any atom is -0.481 e. The van der Waals surface area contributed by atoms with Gasteiger partial charge in [-0.3, -0.25) is 19.2 Å². The second-order valence-electron chi connectivity index (χ2n) is 14.9. The van der Waals surface area contributed by atoms with E-state index in [0.29, 0.717) is 48.1 Å². The fourth-order valence-corrected chi connectivity index (χ4v) is 7.98. The molecule has 3 saturated heterocycles. The van der Waals surface area contributed by atoms with Crippen LogP contribution in [0.15, 0.2) is 37.2 Å². The number of carboxylic acids is 3. The van der Waals surface area contributed by atoms with Crippen LogP contribution in [-0.2, 0) is 51.4 Å². The van der Waals surface area contributed by atoms with E-state index in [1.54, 1.807) is 23.1 Å². The number of nitrogens with zero attached hydrogens (tertiary/aromatic N) is 7. The lowest BCUT2D eigenvalue weighted by Crippen LogP contribution is -2.36. The number of nitrogens with one attached hydrogen (secondary N) is 3. The maximum absolute atomic E-state index is 14.0. The van der Waals surface area contributed by atoms with Crippen molar-refractivity contribution in [1.29, 1.82) is 0 Å². The molecule has 6 rings (SSSR count). The van der Waals surface area contributed by atoms with Crippen molar-refractivity contribution >= 4 is 23.8 Å². The van der Waals surface area contributed by atoms with Crippen molar-refractivity contribution in [2.75, 3.05) is 52.4 Å². The van der Waals surface area contributed by atoms with E-state index in [0.717, 1.165) is 38.9 Å². The maximum Gasteiger partial charge on any atom is 0.307 e. The van der Waals surface area contributed by atoms with E-state index in [4.69, 9.17) is 4.74 Å². The summed E-state index contributed by atoms with van der Waals surface area (Å²) < 4.78 is 5.98. The minimum atomic E-state index is -0.886. The molecule has 0 unspecified atom stereocenters. The van der Waals surface area contributed by atoms with Gasteiger partial charge in [0.1, 0.15) is 25.6 Å². The number of carbonyl (C=O) groups is 4. The molecule has 3 fully saturated rings. The molecule has 56 heavy (non-hydrogen) atoms. The number of carboxylic acid groups (broad SMARTS) is 3. The van der Waals surface area contributed by atoms with Crippen LogP contribution in [0.25, 0.3) is 0 Å². The molecule has 0 saturated carbocycles. The summed E-state index contributed by atoms with van der Waals surface area (Å²) in [6.45, 7) is 4.43. The number of hydrogen-bond donors (Lipinski definition) is 6. The Hall–Kier alpha value is -5.20. The predicted molar refractivity (Wildman–Crippen MR) is 198 cm³/mol. The Bertz CT molecular complexity index is 1820. The lowest BCUT2D eigenvalue weighted by Gasteiger charge is -2.23. The Balaban J connectivity index is 1.15. The summed E-state index contributed by atoms with van der Waals surface area (Å²) in [5.74, 6) is -4.57. The zero-order valence-corrected chi connectivity index (χ0v) is 31.3. The van der Waals surface area contributed by atoms with E-state index in [9.17, 15) is 34.5 Å². The molecule has 0 spiro atoms. The van der Waals surface area contributed by atoms with Gasteiger partial charge in [0.25, 0.3) is 0 Å². The fourth-order valence-electron chi connectivity index (χ4n) is 7.98. The Morgan fingerprint density at radius 1 is 0.625 bits per heavy atom. The number of hydrogen-bond acceptors (Lipinski definition) is 14. The molecule has 3 aromatic heterocycles. The fraction of sp³-hybridized carbons (Fsp3) is 0.579. The average Bonchev–Trinajstić information content (AvgIpc) is 4.00. The summed E-state index contributed by atoms with van der Waals surface area (Å²) in [5.41, 5.74) is 2.59. The Morgan fingerprint density at radius 2 is 1.05 bits per heavy atom. The Labute approximate surface area is 324 Å². The van der Waals surface area contributed by atoms with Crippen molar-refractivity contribution < 1.29 is 39.2 Å². The molecule has 3 aromatic rings. The third-order valence-corrected chi connectivity index (χ3v) is 11.1. The second kappa shape index (κ2) is 19.6. The van der Waals surface area contributed by atoms with Gasteiger partial charge in [0.2, 0.25) is 11.8 Å². The quantitative estimate of drug-likeness (QED) is 0.0900. The summed E-state index contributed by atoms with van der Waals surface area (Å²) >= 11 is 0. The second-order valence-corrected chi connectivity index (χ2v) is 14.9. The van der Waals surface area contributed by atoms with Gasteiger partial charge in [0, 0.05) is 42.4 Å². The molecule has 6 heterocycles. The number of amides is 1. The Kier molecular flexibility index (Phi) is 14.2. The van der Waals surface area contributed by atoms with Gasteiger partial charge in [-0.1, -0.05) is 0 Å². The van der Waals surface area contributed by atoms with Gasteiger partial charge >= 0.3 is 17.9 Å². The van der Waals surface area contributed by atoms with Crippen LogP contribution in [0.5, 0.6) is 5.88 Å². The van der Waals surface area contributed by atoms with Crippen molar-refractivity contribution in [3.05, 3.63) is 65.7 Å². The molecule has 0 aromatic carbocycles. The number of rotatable bonds is 20. The standard InChI is InChI=1S/C38H50N10O8/c49-35(15-28-9-26(42-20-44-28)11-31(36(50)51)23-1-4-39-16-23)48(19-30-10-27(43-21-46-30)12-32(37(52)53)24-2-5-40-17-24)7-8-56-34-14-29(45-22-47-34)13-33(38(54)55)25-3-6-41-18-25/h9-10,14,20-25,31-33,39-41H,1-8,11-13,15-19H2,(H,50,51)(H,52,53)(H,54,55)/t23-,24-,25-,31-,32-,33-/m0/s1. The lowest BCUT2D eigenvalue weighted by molar-refractivity contribution is -0.144. The molecule has 18 nitrogen and oxygen atoms in total. The lowest BCUT2D eigenvalue weighted by atomic mass is 9.87. The van der Waals surface area contributed by atoms with E-state index < -0.39 is 35.7 Å². The van der Waals surface area contributed by atoms with Gasteiger partial charge < -0.3 is 40.9 Å². The van der Waals surface area contributed by atoms with Crippen LogP contribution in [-0.4, -0.2) is 126 Å². The van der Waals surface area contributed by atoms with E-state index in [1.807, 2.05) is 0 Å². The van der Waals surface area contributed by atoms with Crippen molar-refractivity contribution in [3.8, 4) is 5.88 Å². The molecule has 6 N–H and O–H groups in total. The van der Waals surface area contributed by atoms with E-state index >= 15 is 0 Å². The van der Waals surface area contributed by atoms with Crippen molar-refractivity contribution in [3.63, 3.8) is 0 Å². The predicted octanol–water partition coefficient (Wildman–Crippen LogP) is 0.265. The highest BCUT2D eigenvalue weighted by Gasteiger charge is 2.33. The molecule has 18 heteroatoms. The van der Waals surface area contributed by atoms with Crippen LogP contribution < -0.4 is 20.7 Å². The van der Waals surface area contributed by atoms with Gasteiger partial charge in [-0.25, -0.2) is 29.9 Å². The molecule has 3 aliphatic rings. The third kappa shape index (κ3) is 11.2. The molecular weight excluding hydrogens is 724 g/mol. The smallest absolute Gasteiger partial charge is 0.307 e. The molecule has 6 atom stereocenters. The van der Waals surface area contributed by atoms with Gasteiger partial charge in [-0.15, -0.1) is 0 Å². The molecule has 0 bridgehead atoms. The normalized spacial score (nSPS) is 21.0. The van der Waals surface area contributed by atoms with Crippen LogP contribution in [0.3, 0.4) is 0 Å². The summed E-state index contributed by atoms with van der Waals surface area (Å²) in [6.07, 6.45) is 6.93. The molecule has 300 valence electrons. The first-order valence-electron chi connectivity index (χ1n) is 19.2. The average molecular weight is 775 g/mol. The van der Waals surface area contributed by atoms with Crippen LogP contribution in [0, 0.1) is 35.5 Å². The van der Waals surface area contributed by atoms with E-state index in [1.165, 1.54) is 19.0 Å². The van der Waals surface area contributed by atoms with Gasteiger partial charge in [-0.05, 0) is 88.4 Å². The number of ether oxygens (including phenoxy) is 1. The molecular formula is C38H50N10O8. The SMILES string of the molecule is O=C(O)[C@@H](Cc1cc(CC(=O)N(CCOc2cc(C[C@H](C(=O)O)[C@H]3CCNC3)ncn2)Cc2cc(C[C@H](C(=O)O)[C@H]3CCNC3)ncn2)ncn1)[C@H]1CCNC1. The largest absolute Gasteiger partial charge is 0.481 e. The molecule has 0 aliphatic carbocycles. The highest BCUT2D eigenvalue weighted by atomic mass is 16.5. The van der Waals surface area contributed by atoms with Crippen molar-refractivity contribution in [1.82, 2.24) is 50.8 Å². The van der Waals surface area contributed by atoms with E-state index in [-0.39, 0.29) is 74.9 Å². The van der Waals surface area contributed by atoms with E-state index in [2.05, 4.69) is 45.9 Å². The van der Waals surface area contributed by atoms with Crippen LogP contribution in [0.2, 0.25) is 0 Å². The number of carbonyl (C=O) groups excluding carboxylic acids is 1. The zero-order valence-electron chi connectivity index (χ0n) is 31.3. The van der Waals surface area contributed by atoms with Gasteiger partial charge in [0.15, 0.2) is 0 Å². The maximum atomic E-state index is 14.0. The molecule has 0 radical (unpaired) electrons. The first-order chi connectivity index (χ1) is 27.1. The van der Waals surface area contributed by atoms with Gasteiger partial charge in [0.05, 0.1) is 48.7 Å². The number of aromatic nitrogens is 6. The highest BCUT2D eigenvalue weighted by molar-refractivity contribution is 5.78. The first kappa shape index (κ1) is 40.5. The minimum absolute atomic E-state index is 0.00222. The summed E-state index contributed by atoms with van der Waals surface area (Å²) in [5, 5.41) is 39.5. The first-order valence-corrected chi connectivity index (χ1v) is 19.2. The number of aliphatic carboxylic acids is 3. The molecule has 3 aliphatic heterocycles. The monoisotopic (exact) mass is 774 g/mol. The zero-order chi connectivity index (χ0) is 39.4. The van der Waals surface area contributed by atoms with Crippen LogP contribution >= 0.6 is 0 Å². The summed E-state index contributed by atoms with van der Waals surface area (Å²) in [6, 6.07) is 5.02. The van der Waals surface area contributed by atoms with Crippen molar-refractivity contribution in [2.24, 2.45) is 35.5 Å². The summed E-state index contributed by atoms with van der Waals surface area (Å²) in [4.78, 5) is 77.8. The van der Waals surface area contributed by atoms with Crippen molar-refractivity contribution in [2.45, 2.75) is 51.5 Å². The van der Waals surface area contributed by atoms with Crippen LogP contribution in [0.1, 0.15) is 47.7 Å². The topological polar surface area (TPSA) is 255 Å². The Morgan fingerprint density at radius 3 is 1.52 bits per heavy atom. The summed E-state index contributed by atoms with van der Waals surface area (Å²) in [7, 11) is 0. The van der Waals surface area contributed by atoms with Gasteiger partial charge in [-0.2, -0.15) is 0 Å². The third-order valence-electron chi connectivity index (χ3n) is 11.1. The highest BCUT2D eigenvalue weighted by Crippen LogP contribution is 2.26. The molecule has 1 amide bonds. The van der Waals surface area contributed by atoms with Crippen LogP contribution in [0.4, 0.5) is 0 Å².